The SMILES string of the molecule is c1cc2c3c(c1)-n1c4c(cccc4c4c5cccc6ccc7cccc(c7c65)c41)B3c1cccc3c4cc5ccccc5cc4n-2c13. The zero-order chi connectivity index (χ0) is 30.1. The van der Waals surface area contributed by atoms with Gasteiger partial charge in [-0.2, -0.15) is 0 Å². The molecule has 2 nitrogen and oxygen atoms in total. The van der Waals surface area contributed by atoms with Crippen LogP contribution in [0.15, 0.2) is 140 Å². The lowest BCUT2D eigenvalue weighted by Crippen LogP contribution is -2.59. The van der Waals surface area contributed by atoms with Crippen molar-refractivity contribution in [3.05, 3.63) is 140 Å². The van der Waals surface area contributed by atoms with Gasteiger partial charge in [0.15, 0.2) is 0 Å². The molecule has 0 saturated carbocycles. The molecule has 9 aromatic carbocycles. The van der Waals surface area contributed by atoms with Gasteiger partial charge in [-0.15, -0.1) is 0 Å². The van der Waals surface area contributed by atoms with Gasteiger partial charge in [-0.3, -0.25) is 0 Å². The Hall–Kier alpha value is -6.06. The van der Waals surface area contributed by atoms with Crippen LogP contribution >= 0.6 is 0 Å². The van der Waals surface area contributed by atoms with Crippen LogP contribution in [0, 0.1) is 0 Å². The van der Waals surface area contributed by atoms with Gasteiger partial charge in [0, 0.05) is 49.3 Å². The summed E-state index contributed by atoms with van der Waals surface area (Å²) in [7, 11) is 0. The second-order valence-corrected chi connectivity index (χ2v) is 13.6. The minimum absolute atomic E-state index is 0.151. The molecule has 13 rings (SSSR count). The number of hydrogen-bond donors (Lipinski definition) is 0. The number of hydrogen-bond acceptors (Lipinski definition) is 0. The van der Waals surface area contributed by atoms with Crippen LogP contribution in [0.1, 0.15) is 0 Å². The monoisotopic (exact) mass is 590 g/mol. The van der Waals surface area contributed by atoms with Crippen LogP contribution < -0.4 is 16.4 Å². The lowest BCUT2D eigenvalue weighted by Gasteiger charge is -2.33. The van der Waals surface area contributed by atoms with Crippen molar-refractivity contribution in [3.8, 4) is 11.4 Å². The summed E-state index contributed by atoms with van der Waals surface area (Å²) in [5, 5.41) is 16.0. The Balaban J connectivity index is 1.29. The number of benzene rings is 9. The van der Waals surface area contributed by atoms with E-state index in [0.29, 0.717) is 0 Å². The fraction of sp³-hybridized carbons (Fsp3) is 0. The summed E-state index contributed by atoms with van der Waals surface area (Å²) in [5.41, 5.74) is 12.1. The predicted octanol–water partition coefficient (Wildman–Crippen LogP) is 9.07. The Morgan fingerprint density at radius 3 is 1.68 bits per heavy atom. The molecule has 0 atom stereocenters. The van der Waals surface area contributed by atoms with E-state index >= 15 is 0 Å². The Labute approximate surface area is 269 Å². The number of fused-ring (bicyclic) bond motifs is 13. The highest BCUT2D eigenvalue weighted by Crippen LogP contribution is 2.46. The zero-order valence-electron chi connectivity index (χ0n) is 25.3. The molecule has 0 saturated heterocycles. The summed E-state index contributed by atoms with van der Waals surface area (Å²) in [6.45, 7) is 0.151. The Kier molecular flexibility index (Phi) is 3.80. The molecular weight excluding hydrogens is 567 g/mol. The van der Waals surface area contributed by atoms with Crippen LogP contribution in [0.5, 0.6) is 0 Å². The second kappa shape index (κ2) is 7.66. The lowest BCUT2D eigenvalue weighted by atomic mass is 9.34. The van der Waals surface area contributed by atoms with Gasteiger partial charge in [0.1, 0.15) is 0 Å². The van der Waals surface area contributed by atoms with Crippen LogP contribution in [-0.2, 0) is 0 Å². The van der Waals surface area contributed by atoms with Crippen molar-refractivity contribution in [2.24, 2.45) is 0 Å². The van der Waals surface area contributed by atoms with Crippen molar-refractivity contribution in [1.82, 2.24) is 9.13 Å². The first-order chi connectivity index (χ1) is 23.3. The van der Waals surface area contributed by atoms with Gasteiger partial charge in [0.25, 0.3) is 6.71 Å². The average molecular weight is 590 g/mol. The van der Waals surface area contributed by atoms with Gasteiger partial charge in [-0.05, 0) is 78.4 Å². The molecule has 2 aliphatic heterocycles. The van der Waals surface area contributed by atoms with Crippen molar-refractivity contribution in [3.63, 3.8) is 0 Å². The molecule has 0 amide bonds. The van der Waals surface area contributed by atoms with E-state index in [1.165, 1.54) is 114 Å². The minimum Gasteiger partial charge on any atom is -0.310 e. The normalized spacial score (nSPS) is 13.5. The summed E-state index contributed by atoms with van der Waals surface area (Å²) < 4.78 is 5.20. The Morgan fingerprint density at radius 2 is 0.915 bits per heavy atom. The molecule has 0 spiro atoms. The largest absolute Gasteiger partial charge is 0.310 e. The van der Waals surface area contributed by atoms with Crippen LogP contribution in [0.2, 0.25) is 0 Å². The van der Waals surface area contributed by atoms with E-state index in [1.54, 1.807) is 0 Å². The molecule has 0 N–H and O–H groups in total. The maximum atomic E-state index is 2.63. The van der Waals surface area contributed by atoms with E-state index in [0.717, 1.165) is 0 Å². The number of rotatable bonds is 0. The van der Waals surface area contributed by atoms with E-state index in [4.69, 9.17) is 0 Å². The first kappa shape index (κ1) is 23.3. The third kappa shape index (κ3) is 2.49. The molecule has 0 radical (unpaired) electrons. The summed E-state index contributed by atoms with van der Waals surface area (Å²) >= 11 is 0. The lowest BCUT2D eigenvalue weighted by molar-refractivity contribution is 1.15. The van der Waals surface area contributed by atoms with E-state index in [1.807, 2.05) is 0 Å². The van der Waals surface area contributed by atoms with Crippen molar-refractivity contribution in [2.45, 2.75) is 0 Å². The standard InChI is InChI=1S/C44H23BN2/c1-2-9-27-23-37-32(22-26(27)8-1)28-12-5-16-33-42(28)46(37)35-18-7-19-36-41(35)45(33)34-17-6-15-31-40-29-13-3-10-24-20-21-25-11-4-14-30(39(25)38(24)29)44(40)47(36)43(31)34/h1-23H. The fourth-order valence-electron chi connectivity index (χ4n) is 9.89. The molecule has 2 aromatic heterocycles. The van der Waals surface area contributed by atoms with E-state index in [-0.39, 0.29) is 6.71 Å². The third-order valence-corrected chi connectivity index (χ3v) is 11.6. The number of para-hydroxylation sites is 2. The van der Waals surface area contributed by atoms with Crippen molar-refractivity contribution < 1.29 is 0 Å². The van der Waals surface area contributed by atoms with Gasteiger partial charge in [-0.1, -0.05) is 115 Å². The smallest absolute Gasteiger partial charge is 0.252 e. The van der Waals surface area contributed by atoms with Crippen molar-refractivity contribution in [1.29, 1.82) is 0 Å². The number of nitrogens with zero attached hydrogens (tertiary/aromatic N) is 2. The highest BCUT2D eigenvalue weighted by molar-refractivity contribution is 7.00. The topological polar surface area (TPSA) is 9.86 Å². The van der Waals surface area contributed by atoms with Gasteiger partial charge < -0.3 is 9.13 Å². The molecule has 212 valence electrons. The predicted molar refractivity (Wildman–Crippen MR) is 201 cm³/mol. The molecule has 4 heterocycles. The highest BCUT2D eigenvalue weighted by atomic mass is 15.0. The summed E-state index contributed by atoms with van der Waals surface area (Å²) in [6.07, 6.45) is 0. The van der Waals surface area contributed by atoms with Gasteiger partial charge >= 0.3 is 0 Å². The van der Waals surface area contributed by atoms with Crippen molar-refractivity contribution in [2.75, 3.05) is 0 Å². The second-order valence-electron chi connectivity index (χ2n) is 13.6. The van der Waals surface area contributed by atoms with Crippen LogP contribution in [0.25, 0.3) is 98.1 Å². The molecule has 0 fully saturated rings. The molecule has 0 aliphatic carbocycles. The first-order valence-corrected chi connectivity index (χ1v) is 16.6. The Bertz CT molecular complexity index is 3250. The average Bonchev–Trinajstić information content (AvgIpc) is 3.65. The summed E-state index contributed by atoms with van der Waals surface area (Å²) in [5.74, 6) is 0. The van der Waals surface area contributed by atoms with Crippen molar-refractivity contribution >= 4 is 110 Å². The van der Waals surface area contributed by atoms with E-state index < -0.39 is 0 Å². The van der Waals surface area contributed by atoms with Gasteiger partial charge in [-0.25, -0.2) is 0 Å². The maximum Gasteiger partial charge on any atom is 0.252 e. The summed E-state index contributed by atoms with van der Waals surface area (Å²) in [6, 6.07) is 52.9. The summed E-state index contributed by atoms with van der Waals surface area (Å²) in [4.78, 5) is 0. The molecule has 11 aromatic rings. The molecule has 47 heavy (non-hydrogen) atoms. The third-order valence-electron chi connectivity index (χ3n) is 11.6. The van der Waals surface area contributed by atoms with Gasteiger partial charge in [0.05, 0.1) is 11.0 Å². The molecule has 2 aliphatic rings. The van der Waals surface area contributed by atoms with Gasteiger partial charge in [0.2, 0.25) is 0 Å². The number of aromatic nitrogens is 2. The van der Waals surface area contributed by atoms with E-state index in [9.17, 15) is 0 Å². The highest BCUT2D eigenvalue weighted by Gasteiger charge is 2.40. The van der Waals surface area contributed by atoms with Crippen LogP contribution in [-0.4, -0.2) is 15.8 Å². The fourth-order valence-corrected chi connectivity index (χ4v) is 9.89. The molecule has 0 unspecified atom stereocenters. The molecule has 3 heteroatoms. The quantitative estimate of drug-likeness (QED) is 0.123. The van der Waals surface area contributed by atoms with Crippen LogP contribution in [0.4, 0.5) is 0 Å². The molecule has 0 bridgehead atoms. The molecular formula is C44H23BN2. The maximum absolute atomic E-state index is 2.63. The Morgan fingerprint density at radius 1 is 0.362 bits per heavy atom. The minimum atomic E-state index is 0.151. The van der Waals surface area contributed by atoms with Crippen LogP contribution in [0.3, 0.4) is 0 Å². The van der Waals surface area contributed by atoms with E-state index in [2.05, 4.69) is 149 Å². The first-order valence-electron chi connectivity index (χ1n) is 16.6. The zero-order valence-corrected chi connectivity index (χ0v) is 25.3.